The molecule has 0 radical (unpaired) electrons. The number of hydrogen-bond donors (Lipinski definition) is 0. The lowest BCUT2D eigenvalue weighted by atomic mass is 9.67. The molecule has 0 bridgehead atoms. The summed E-state index contributed by atoms with van der Waals surface area (Å²) in [5.74, 6) is 0. The van der Waals surface area contributed by atoms with Crippen LogP contribution in [0, 0.1) is 10.8 Å². The van der Waals surface area contributed by atoms with Crippen LogP contribution in [-0.4, -0.2) is 24.0 Å². The molecule has 0 fully saturated rings. The van der Waals surface area contributed by atoms with Crippen molar-refractivity contribution >= 4 is 0 Å². The Morgan fingerprint density at radius 1 is 1.00 bits per heavy atom. The van der Waals surface area contributed by atoms with E-state index in [0.29, 0.717) is 16.9 Å². The molecule has 0 aliphatic carbocycles. The van der Waals surface area contributed by atoms with Crippen molar-refractivity contribution in [1.29, 1.82) is 0 Å². The smallest absolute Gasteiger partial charge is 0.00384 e. The maximum Gasteiger partial charge on any atom is 0.00384 e. The van der Waals surface area contributed by atoms with E-state index in [2.05, 4.69) is 60.3 Å². The quantitative estimate of drug-likeness (QED) is 0.662. The minimum atomic E-state index is 0.392. The third-order valence-electron chi connectivity index (χ3n) is 4.19. The maximum absolute atomic E-state index is 2.55. The summed E-state index contributed by atoms with van der Waals surface area (Å²) in [5.41, 5.74) is 0.804. The molecule has 0 N–H and O–H groups in total. The normalized spacial score (nSPS) is 14.0. The Morgan fingerprint density at radius 2 is 1.47 bits per heavy atom. The molecular formula is C14H31N. The first-order valence-electron chi connectivity index (χ1n) is 6.36. The van der Waals surface area contributed by atoms with Crippen LogP contribution >= 0.6 is 0 Å². The summed E-state index contributed by atoms with van der Waals surface area (Å²) in [7, 11) is 0. The molecule has 0 heterocycles. The van der Waals surface area contributed by atoms with Gasteiger partial charge in [0.05, 0.1) is 0 Å². The van der Waals surface area contributed by atoms with Crippen LogP contribution in [0.15, 0.2) is 0 Å². The predicted molar refractivity (Wildman–Crippen MR) is 70.2 cm³/mol. The summed E-state index contributed by atoms with van der Waals surface area (Å²) < 4.78 is 0. The van der Waals surface area contributed by atoms with Gasteiger partial charge in [-0.05, 0) is 44.2 Å². The molecular weight excluding hydrogens is 182 g/mol. The molecule has 92 valence electrons. The molecule has 1 nitrogen and oxygen atoms in total. The fourth-order valence-corrected chi connectivity index (χ4v) is 1.58. The molecule has 0 aliphatic heterocycles. The van der Waals surface area contributed by atoms with Gasteiger partial charge in [-0.25, -0.2) is 0 Å². The van der Waals surface area contributed by atoms with Crippen molar-refractivity contribution in [3.8, 4) is 0 Å². The summed E-state index contributed by atoms with van der Waals surface area (Å²) in [5, 5.41) is 0. The fraction of sp³-hybridized carbons (Fsp3) is 1.00. The van der Waals surface area contributed by atoms with Gasteiger partial charge in [0.1, 0.15) is 0 Å². The van der Waals surface area contributed by atoms with Gasteiger partial charge < -0.3 is 4.90 Å². The van der Waals surface area contributed by atoms with Crippen LogP contribution in [0.25, 0.3) is 0 Å². The van der Waals surface area contributed by atoms with Crippen molar-refractivity contribution in [3.63, 3.8) is 0 Å². The summed E-state index contributed by atoms with van der Waals surface area (Å²) in [4.78, 5) is 2.55. The van der Waals surface area contributed by atoms with Gasteiger partial charge in [-0.15, -0.1) is 0 Å². The van der Waals surface area contributed by atoms with Crippen LogP contribution < -0.4 is 0 Å². The first-order valence-corrected chi connectivity index (χ1v) is 6.36. The second-order valence-corrected chi connectivity index (χ2v) is 6.61. The number of hydrogen-bond acceptors (Lipinski definition) is 1. The molecule has 0 unspecified atom stereocenters. The molecule has 1 heteroatoms. The van der Waals surface area contributed by atoms with Crippen LogP contribution in [0.5, 0.6) is 0 Å². The van der Waals surface area contributed by atoms with Gasteiger partial charge in [-0.2, -0.15) is 0 Å². The van der Waals surface area contributed by atoms with E-state index in [-0.39, 0.29) is 0 Å². The molecule has 0 atom stereocenters. The Bertz CT molecular complexity index is 174. The van der Waals surface area contributed by atoms with E-state index >= 15 is 0 Å². The van der Waals surface area contributed by atoms with Gasteiger partial charge in [-0.1, -0.05) is 41.5 Å². The zero-order valence-electron chi connectivity index (χ0n) is 12.1. The lowest BCUT2D eigenvalue weighted by Crippen LogP contribution is -2.37. The fourth-order valence-electron chi connectivity index (χ4n) is 1.58. The highest BCUT2D eigenvalue weighted by molar-refractivity contribution is 4.83. The molecule has 0 spiro atoms. The zero-order chi connectivity index (χ0) is 12.3. The molecule has 0 aromatic carbocycles. The highest BCUT2D eigenvalue weighted by atomic mass is 15.1. The standard InChI is InChI=1S/C14H31N/c1-9-15(12(2)3)11-10-14(7,8)13(4,5)6/h12H,9-11H2,1-8H3. The van der Waals surface area contributed by atoms with Crippen molar-refractivity contribution < 1.29 is 0 Å². The second-order valence-electron chi connectivity index (χ2n) is 6.61. The van der Waals surface area contributed by atoms with Gasteiger partial charge in [0, 0.05) is 6.04 Å². The third kappa shape index (κ3) is 4.55. The monoisotopic (exact) mass is 213 g/mol. The molecule has 0 rings (SSSR count). The van der Waals surface area contributed by atoms with E-state index in [0.717, 1.165) is 6.54 Å². The SMILES string of the molecule is CCN(CCC(C)(C)C(C)(C)C)C(C)C. The minimum Gasteiger partial charge on any atom is -0.301 e. The van der Waals surface area contributed by atoms with E-state index in [1.165, 1.54) is 13.0 Å². The van der Waals surface area contributed by atoms with Gasteiger partial charge in [0.15, 0.2) is 0 Å². The number of nitrogens with zero attached hydrogens (tertiary/aromatic N) is 1. The van der Waals surface area contributed by atoms with Crippen LogP contribution in [0.1, 0.15) is 61.8 Å². The topological polar surface area (TPSA) is 3.24 Å². The van der Waals surface area contributed by atoms with E-state index in [1.54, 1.807) is 0 Å². The summed E-state index contributed by atoms with van der Waals surface area (Å²) in [6.07, 6.45) is 1.28. The molecule has 0 amide bonds. The van der Waals surface area contributed by atoms with Crippen LogP contribution in [0.2, 0.25) is 0 Å². The zero-order valence-corrected chi connectivity index (χ0v) is 12.1. The molecule has 0 aromatic heterocycles. The van der Waals surface area contributed by atoms with Crippen LogP contribution in [0.3, 0.4) is 0 Å². The van der Waals surface area contributed by atoms with Crippen molar-refractivity contribution in [2.24, 2.45) is 10.8 Å². The van der Waals surface area contributed by atoms with Crippen LogP contribution in [0.4, 0.5) is 0 Å². The van der Waals surface area contributed by atoms with Gasteiger partial charge in [-0.3, -0.25) is 0 Å². The minimum absolute atomic E-state index is 0.392. The molecule has 15 heavy (non-hydrogen) atoms. The third-order valence-corrected chi connectivity index (χ3v) is 4.19. The second kappa shape index (κ2) is 5.34. The molecule has 0 saturated carbocycles. The predicted octanol–water partition coefficient (Wildman–Crippen LogP) is 4.18. The summed E-state index contributed by atoms with van der Waals surface area (Å²) >= 11 is 0. The Labute approximate surface area is 97.2 Å². The summed E-state index contributed by atoms with van der Waals surface area (Å²) in [6, 6.07) is 0.672. The van der Waals surface area contributed by atoms with Gasteiger partial charge in [0.2, 0.25) is 0 Å². The first kappa shape index (κ1) is 15.0. The highest BCUT2D eigenvalue weighted by Crippen LogP contribution is 2.40. The van der Waals surface area contributed by atoms with Crippen molar-refractivity contribution in [2.75, 3.05) is 13.1 Å². The lowest BCUT2D eigenvalue weighted by Gasteiger charge is -2.40. The molecule has 0 aliphatic rings. The Morgan fingerprint density at radius 3 is 1.73 bits per heavy atom. The largest absolute Gasteiger partial charge is 0.301 e. The van der Waals surface area contributed by atoms with Crippen LogP contribution in [-0.2, 0) is 0 Å². The number of rotatable bonds is 5. The molecule has 0 aromatic rings. The Kier molecular flexibility index (Phi) is 5.32. The van der Waals surface area contributed by atoms with E-state index in [9.17, 15) is 0 Å². The van der Waals surface area contributed by atoms with Crippen molar-refractivity contribution in [1.82, 2.24) is 4.90 Å². The van der Waals surface area contributed by atoms with Crippen molar-refractivity contribution in [3.05, 3.63) is 0 Å². The van der Waals surface area contributed by atoms with E-state index < -0.39 is 0 Å². The maximum atomic E-state index is 2.55. The average molecular weight is 213 g/mol. The Hall–Kier alpha value is -0.0400. The van der Waals surface area contributed by atoms with Crippen molar-refractivity contribution in [2.45, 2.75) is 67.9 Å². The highest BCUT2D eigenvalue weighted by Gasteiger charge is 2.32. The summed E-state index contributed by atoms with van der Waals surface area (Å²) in [6.45, 7) is 21.0. The first-order chi connectivity index (χ1) is 6.62. The average Bonchev–Trinajstić information content (AvgIpc) is 2.02. The lowest BCUT2D eigenvalue weighted by molar-refractivity contribution is 0.0923. The van der Waals surface area contributed by atoms with E-state index in [4.69, 9.17) is 0 Å². The Balaban J connectivity index is 4.25. The van der Waals surface area contributed by atoms with Gasteiger partial charge >= 0.3 is 0 Å². The van der Waals surface area contributed by atoms with Gasteiger partial charge in [0.25, 0.3) is 0 Å². The molecule has 0 saturated heterocycles. The van der Waals surface area contributed by atoms with E-state index in [1.807, 2.05) is 0 Å².